The normalized spacial score (nSPS) is 50.5. The average Bonchev–Trinajstić information content (AvgIpc) is 3.01. The summed E-state index contributed by atoms with van der Waals surface area (Å²) in [4.78, 5) is 11.4. The molecule has 0 radical (unpaired) electrons. The maximum absolute atomic E-state index is 2.90. The summed E-state index contributed by atoms with van der Waals surface area (Å²) in [6.07, 6.45) is 16.1. The van der Waals surface area contributed by atoms with Crippen molar-refractivity contribution in [2.45, 2.75) is 105 Å². The van der Waals surface area contributed by atoms with E-state index >= 15 is 0 Å². The average molecular weight is 611 g/mol. The Morgan fingerprint density at radius 2 is 0.636 bits per heavy atom. The van der Waals surface area contributed by atoms with E-state index in [0.29, 0.717) is 0 Å². The van der Waals surface area contributed by atoms with Gasteiger partial charge < -0.3 is 19.6 Å². The molecule has 0 amide bonds. The molecule has 10 bridgehead atoms. The summed E-state index contributed by atoms with van der Waals surface area (Å²) in [5, 5.41) is 0. The Morgan fingerprint density at radius 1 is 0.318 bits per heavy atom. The second-order valence-corrected chi connectivity index (χ2v) is 18.3. The molecule has 9 atom stereocenters. The molecule has 5 unspecified atom stereocenters. The topological polar surface area (TPSA) is 13.0 Å². The van der Waals surface area contributed by atoms with Crippen molar-refractivity contribution in [3.05, 3.63) is 0 Å². The molecule has 2 aliphatic carbocycles. The molecule has 0 N–H and O–H groups in total. The van der Waals surface area contributed by atoms with Gasteiger partial charge in [0.2, 0.25) is 0 Å². The molecule has 0 aromatic rings. The van der Waals surface area contributed by atoms with Crippen LogP contribution in [0.1, 0.15) is 105 Å². The fourth-order valence-electron chi connectivity index (χ4n) is 11.7. The first-order chi connectivity index (χ1) is 21.2. The van der Waals surface area contributed by atoms with Crippen LogP contribution in [0.25, 0.3) is 0 Å². The molecule has 13 fully saturated rings. The van der Waals surface area contributed by atoms with Gasteiger partial charge in [0.1, 0.15) is 0 Å². The van der Waals surface area contributed by atoms with E-state index in [2.05, 4.69) is 61.3 Å². The van der Waals surface area contributed by atoms with Crippen molar-refractivity contribution in [3.63, 3.8) is 0 Å². The predicted octanol–water partition coefficient (Wildman–Crippen LogP) is 7.69. The van der Waals surface area contributed by atoms with Gasteiger partial charge in [-0.15, -0.1) is 0 Å². The number of nitrogens with zero attached hydrogens (tertiary/aromatic N) is 4. The molecule has 4 heteroatoms. The molecule has 0 aromatic carbocycles. The summed E-state index contributed by atoms with van der Waals surface area (Å²) in [5.74, 6) is 11.1. The maximum Gasteiger partial charge on any atom is 0.00123 e. The smallest absolute Gasteiger partial charge is 0.00123 e. The van der Waals surface area contributed by atoms with E-state index in [1.807, 2.05) is 0 Å². The van der Waals surface area contributed by atoms with Crippen LogP contribution >= 0.6 is 0 Å². The first-order valence-corrected chi connectivity index (χ1v) is 20.1. The van der Waals surface area contributed by atoms with Crippen LogP contribution in [-0.4, -0.2) is 98.6 Å². The SMILES string of the molecule is CC1CCN(C)CC2C[C@H](C)C(C[C@@H]2C)CN2CCC(CC2)C2CCN(CC2)CC2C[C@H](C)C(C[C@@H]2C)CN2CCC1CC2. The third kappa shape index (κ3) is 8.46. The Balaban J connectivity index is 1.08. The highest BCUT2D eigenvalue weighted by atomic mass is 15.1. The van der Waals surface area contributed by atoms with Crippen LogP contribution in [-0.2, 0) is 0 Å². The molecular weight excluding hydrogens is 536 g/mol. The van der Waals surface area contributed by atoms with Crippen molar-refractivity contribution >= 4 is 0 Å². The van der Waals surface area contributed by atoms with Gasteiger partial charge in [-0.2, -0.15) is 0 Å². The highest BCUT2D eigenvalue weighted by molar-refractivity contribution is 4.90. The van der Waals surface area contributed by atoms with Crippen molar-refractivity contribution in [1.82, 2.24) is 19.6 Å². The predicted molar refractivity (Wildman–Crippen MR) is 188 cm³/mol. The van der Waals surface area contributed by atoms with Crippen molar-refractivity contribution in [2.24, 2.45) is 71.0 Å². The van der Waals surface area contributed by atoms with Crippen molar-refractivity contribution < 1.29 is 0 Å². The maximum atomic E-state index is 2.90. The number of rotatable bonds is 0. The van der Waals surface area contributed by atoms with Crippen molar-refractivity contribution in [1.29, 1.82) is 0 Å². The van der Waals surface area contributed by atoms with Crippen LogP contribution < -0.4 is 0 Å². The van der Waals surface area contributed by atoms with Crippen LogP contribution in [0.15, 0.2) is 0 Å². The summed E-state index contributed by atoms with van der Waals surface area (Å²) in [6.45, 7) is 28.0. The number of hydrogen-bond acceptors (Lipinski definition) is 4. The number of fused-ring (bicyclic) bond motifs is 1. The van der Waals surface area contributed by atoms with Crippen LogP contribution in [0.3, 0.4) is 0 Å². The van der Waals surface area contributed by atoms with Crippen LogP contribution in [0, 0.1) is 71.0 Å². The minimum atomic E-state index is 0.877. The van der Waals surface area contributed by atoms with E-state index in [0.717, 1.165) is 71.0 Å². The molecule has 4 nitrogen and oxygen atoms in total. The molecule has 0 spiro atoms. The van der Waals surface area contributed by atoms with Crippen LogP contribution in [0.4, 0.5) is 0 Å². The standard InChI is InChI=1S/C40H74N4/c1-29-7-14-41(6)25-37-21-31(3)38(22-30(37)2)27-43-17-10-35(11-18-43)36-12-19-44(20-13-36)28-40-24-32(4)39(23-33(40)5)26-42-15-8-34(29)9-16-42/h29-40H,7-28H2,1-6H3/t29?,30-,31-,32-,33-,37?,38?,39?,40?/m0/s1. The van der Waals surface area contributed by atoms with Gasteiger partial charge in [-0.05, 0) is 195 Å². The zero-order chi connectivity index (χ0) is 30.8. The monoisotopic (exact) mass is 611 g/mol. The second-order valence-electron chi connectivity index (χ2n) is 18.3. The summed E-state index contributed by atoms with van der Waals surface area (Å²) in [6, 6.07) is 0. The largest absolute Gasteiger partial charge is 0.306 e. The molecule has 44 heavy (non-hydrogen) atoms. The summed E-state index contributed by atoms with van der Waals surface area (Å²) in [7, 11) is 2.43. The Hall–Kier alpha value is -0.160. The number of piperidine rings is 3. The van der Waals surface area contributed by atoms with Crippen LogP contribution in [0.2, 0.25) is 0 Å². The fraction of sp³-hybridized carbons (Fsp3) is 1.00. The Kier molecular flexibility index (Phi) is 11.8. The molecular formula is C40H74N4. The van der Waals surface area contributed by atoms with E-state index in [-0.39, 0.29) is 0 Å². The highest BCUT2D eigenvalue weighted by Gasteiger charge is 2.38. The van der Waals surface area contributed by atoms with Crippen LogP contribution in [0.5, 0.6) is 0 Å². The minimum Gasteiger partial charge on any atom is -0.306 e. The van der Waals surface area contributed by atoms with Gasteiger partial charge in [0.05, 0.1) is 0 Å². The number of hydrogen-bond donors (Lipinski definition) is 0. The van der Waals surface area contributed by atoms with E-state index in [9.17, 15) is 0 Å². The van der Waals surface area contributed by atoms with Crippen molar-refractivity contribution in [3.8, 4) is 0 Å². The fourth-order valence-corrected chi connectivity index (χ4v) is 11.7. The lowest BCUT2D eigenvalue weighted by atomic mass is 9.68. The molecule has 13 aliphatic rings. The van der Waals surface area contributed by atoms with Gasteiger partial charge in [-0.25, -0.2) is 0 Å². The molecule has 11 aliphatic heterocycles. The third-order valence-electron chi connectivity index (χ3n) is 15.3. The zero-order valence-corrected chi connectivity index (χ0v) is 30.3. The Morgan fingerprint density at radius 3 is 1.00 bits per heavy atom. The molecule has 2 saturated carbocycles. The molecule has 0 aromatic heterocycles. The summed E-state index contributed by atoms with van der Waals surface area (Å²) >= 11 is 0. The van der Waals surface area contributed by atoms with Gasteiger partial charge >= 0.3 is 0 Å². The van der Waals surface area contributed by atoms with Crippen molar-refractivity contribution in [2.75, 3.05) is 79.0 Å². The molecule has 254 valence electrons. The molecule has 13 rings (SSSR count). The third-order valence-corrected chi connectivity index (χ3v) is 15.3. The second kappa shape index (κ2) is 15.4. The summed E-state index contributed by atoms with van der Waals surface area (Å²) < 4.78 is 0. The quantitative estimate of drug-likeness (QED) is 0.279. The van der Waals surface area contributed by atoms with Gasteiger partial charge in [0.15, 0.2) is 0 Å². The van der Waals surface area contributed by atoms with E-state index in [4.69, 9.17) is 0 Å². The highest BCUT2D eigenvalue weighted by Crippen LogP contribution is 2.42. The van der Waals surface area contributed by atoms with E-state index in [1.54, 1.807) is 0 Å². The van der Waals surface area contributed by atoms with Gasteiger partial charge in [0.25, 0.3) is 0 Å². The molecule has 11 saturated heterocycles. The Bertz CT molecular complexity index is 853. The van der Waals surface area contributed by atoms with Gasteiger partial charge in [-0.1, -0.05) is 34.6 Å². The first-order valence-electron chi connectivity index (χ1n) is 20.1. The van der Waals surface area contributed by atoms with E-state index < -0.39 is 0 Å². The lowest BCUT2D eigenvalue weighted by molar-refractivity contribution is 0.0346. The first kappa shape index (κ1) is 33.7. The Labute approximate surface area is 274 Å². The van der Waals surface area contributed by atoms with Gasteiger partial charge in [-0.3, -0.25) is 0 Å². The lowest BCUT2D eigenvalue weighted by Gasteiger charge is -2.46. The van der Waals surface area contributed by atoms with Gasteiger partial charge in [0, 0.05) is 26.2 Å². The van der Waals surface area contributed by atoms with E-state index in [1.165, 1.54) is 143 Å². The summed E-state index contributed by atoms with van der Waals surface area (Å²) in [5.41, 5.74) is 0. The molecule has 11 heterocycles. The zero-order valence-electron chi connectivity index (χ0n) is 30.3. The lowest BCUT2D eigenvalue weighted by Crippen LogP contribution is -2.46. The minimum absolute atomic E-state index is 0.877.